The normalized spacial score (nSPS) is 15.8. The minimum Gasteiger partial charge on any atom is -0.398 e. The van der Waals surface area contributed by atoms with Crippen LogP contribution in [-0.4, -0.2) is 36.3 Å². The largest absolute Gasteiger partial charge is 0.398 e. The number of amidine groups is 1. The molecule has 1 aliphatic rings. The summed E-state index contributed by atoms with van der Waals surface area (Å²) in [6.07, 6.45) is 6.63. The van der Waals surface area contributed by atoms with Crippen LogP contribution in [0.5, 0.6) is 0 Å². The van der Waals surface area contributed by atoms with E-state index in [1.54, 1.807) is 0 Å². The Hall–Kier alpha value is -2.14. The van der Waals surface area contributed by atoms with Crippen molar-refractivity contribution in [1.29, 1.82) is 5.41 Å². The molecule has 1 saturated heterocycles. The van der Waals surface area contributed by atoms with Gasteiger partial charge in [0.1, 0.15) is 5.84 Å². The highest BCUT2D eigenvalue weighted by Gasteiger charge is 2.11. The number of piperidine rings is 1. The fourth-order valence-electron chi connectivity index (χ4n) is 3.27. The number of nitrogens with zero attached hydrogens (tertiary/aromatic N) is 1. The lowest BCUT2D eigenvalue weighted by molar-refractivity contribution is -0.119. The predicted octanol–water partition coefficient (Wildman–Crippen LogP) is 2.96. The summed E-state index contributed by atoms with van der Waals surface area (Å²) >= 11 is 0. The molecule has 1 heterocycles. The van der Waals surface area contributed by atoms with Crippen LogP contribution < -0.4 is 11.1 Å². The van der Waals surface area contributed by atoms with E-state index < -0.39 is 0 Å². The lowest BCUT2D eigenvalue weighted by atomic mass is 10.0. The molecule has 5 heteroatoms. The lowest BCUT2D eigenvalue weighted by Crippen LogP contribution is -2.32. The maximum atomic E-state index is 12.0. The molecule has 0 spiro atoms. The number of nitrogens with two attached hydrogens (primary N) is 1. The molecule has 25 heavy (non-hydrogen) atoms. The summed E-state index contributed by atoms with van der Waals surface area (Å²) in [5, 5.41) is 10.6. The third kappa shape index (κ3) is 6.35. The highest BCUT2D eigenvalue weighted by molar-refractivity contribution is 6.05. The summed E-state index contributed by atoms with van der Waals surface area (Å²) < 4.78 is 0. The molecule has 0 bridgehead atoms. The van der Waals surface area contributed by atoms with Crippen molar-refractivity contribution in [1.82, 2.24) is 10.2 Å². The molecule has 0 radical (unpaired) electrons. The maximum Gasteiger partial charge on any atom is 0.225 e. The summed E-state index contributed by atoms with van der Waals surface area (Å²) in [5.74, 6) is -0.0767. The van der Waals surface area contributed by atoms with Crippen LogP contribution in [0.1, 0.15) is 48.8 Å². The van der Waals surface area contributed by atoms with E-state index in [4.69, 9.17) is 11.1 Å². The van der Waals surface area contributed by atoms with Gasteiger partial charge in [0.15, 0.2) is 0 Å². The number of rotatable bonds is 6. The van der Waals surface area contributed by atoms with E-state index in [-0.39, 0.29) is 11.7 Å². The van der Waals surface area contributed by atoms with Crippen LogP contribution in [0, 0.1) is 19.3 Å². The fraction of sp³-hybridized carbons (Fsp3) is 0.500. The molecule has 0 aliphatic carbocycles. The van der Waals surface area contributed by atoms with Gasteiger partial charge in [-0.05, 0) is 58.3 Å². The maximum absolute atomic E-state index is 12.0. The van der Waals surface area contributed by atoms with Gasteiger partial charge < -0.3 is 16.0 Å². The topological polar surface area (TPSA) is 82.2 Å². The van der Waals surface area contributed by atoms with Gasteiger partial charge in [-0.25, -0.2) is 0 Å². The molecule has 2 rings (SSSR count). The Morgan fingerprint density at radius 1 is 1.28 bits per heavy atom. The number of carbonyl (C=O) groups excluding carboxylic acids is 1. The molecule has 1 aliphatic heterocycles. The van der Waals surface area contributed by atoms with E-state index in [1.165, 1.54) is 30.9 Å². The molecule has 1 fully saturated rings. The van der Waals surface area contributed by atoms with Crippen LogP contribution >= 0.6 is 0 Å². The second-order valence-corrected chi connectivity index (χ2v) is 6.89. The molecule has 0 aromatic heterocycles. The number of likely N-dealkylation sites (tertiary alicyclic amines) is 1. The van der Waals surface area contributed by atoms with Crippen LogP contribution in [-0.2, 0) is 4.79 Å². The number of aryl methyl sites for hydroxylation is 2. The van der Waals surface area contributed by atoms with Crippen molar-refractivity contribution in [3.63, 3.8) is 0 Å². The van der Waals surface area contributed by atoms with Gasteiger partial charge in [-0.1, -0.05) is 30.2 Å². The van der Waals surface area contributed by atoms with Crippen LogP contribution in [0.3, 0.4) is 0 Å². The number of carbonyl (C=O) groups is 1. The van der Waals surface area contributed by atoms with Crippen molar-refractivity contribution in [2.45, 2.75) is 46.0 Å². The van der Waals surface area contributed by atoms with Gasteiger partial charge in [-0.15, -0.1) is 0 Å². The average molecular weight is 342 g/mol. The number of benzene rings is 1. The molecule has 1 amide bonds. The van der Waals surface area contributed by atoms with Gasteiger partial charge in [-0.2, -0.15) is 0 Å². The van der Waals surface area contributed by atoms with Crippen molar-refractivity contribution in [3.8, 4) is 0 Å². The Balaban J connectivity index is 1.78. The van der Waals surface area contributed by atoms with Crippen LogP contribution in [0.4, 0.5) is 0 Å². The monoisotopic (exact) mass is 342 g/mol. The standard InChI is InChI=1S/C20H30N4O/c1-15-8-9-17(16(2)13-15)18(21)14-19(22)23-20(25)7-6-12-24-10-4-3-5-11-24/h8-9,13-14H,3-7,10-12,21H2,1-2H3,(H2,22,23,25). The molecule has 0 atom stereocenters. The predicted molar refractivity (Wildman–Crippen MR) is 103 cm³/mol. The first-order valence-electron chi connectivity index (χ1n) is 9.11. The molecular weight excluding hydrogens is 312 g/mol. The molecule has 1 aromatic rings. The summed E-state index contributed by atoms with van der Waals surface area (Å²) in [6.45, 7) is 7.27. The smallest absolute Gasteiger partial charge is 0.225 e. The lowest BCUT2D eigenvalue weighted by Gasteiger charge is -2.26. The van der Waals surface area contributed by atoms with E-state index in [2.05, 4.69) is 16.3 Å². The third-order valence-corrected chi connectivity index (χ3v) is 4.59. The SMILES string of the molecule is Cc1ccc(C(N)=CC(=N)NC(=O)CCCN2CCCCC2)c(C)c1. The van der Waals surface area contributed by atoms with Crippen molar-refractivity contribution in [2.75, 3.05) is 19.6 Å². The minimum atomic E-state index is -0.119. The highest BCUT2D eigenvalue weighted by Crippen LogP contribution is 2.16. The highest BCUT2D eigenvalue weighted by atomic mass is 16.1. The van der Waals surface area contributed by atoms with E-state index in [0.717, 1.165) is 37.2 Å². The molecule has 0 saturated carbocycles. The Labute approximate surface area is 150 Å². The molecule has 0 unspecified atom stereocenters. The second kappa shape index (κ2) is 9.37. The number of hydrogen-bond acceptors (Lipinski definition) is 4. The number of nitrogens with one attached hydrogen (secondary N) is 2. The zero-order valence-corrected chi connectivity index (χ0v) is 15.4. The quantitative estimate of drug-likeness (QED) is 0.549. The Kier molecular flexibility index (Phi) is 7.19. The van der Waals surface area contributed by atoms with Crippen molar-refractivity contribution < 1.29 is 4.79 Å². The Morgan fingerprint density at radius 3 is 2.68 bits per heavy atom. The van der Waals surface area contributed by atoms with Gasteiger partial charge >= 0.3 is 0 Å². The van der Waals surface area contributed by atoms with Gasteiger partial charge in [0.2, 0.25) is 5.91 Å². The van der Waals surface area contributed by atoms with Crippen LogP contribution in [0.2, 0.25) is 0 Å². The molecule has 136 valence electrons. The molecular formula is C20H30N4O. The van der Waals surface area contributed by atoms with Crippen molar-refractivity contribution in [2.24, 2.45) is 5.73 Å². The third-order valence-electron chi connectivity index (χ3n) is 4.59. The van der Waals surface area contributed by atoms with Crippen LogP contribution in [0.25, 0.3) is 5.70 Å². The zero-order chi connectivity index (χ0) is 18.2. The molecule has 1 aromatic carbocycles. The first kappa shape index (κ1) is 19.2. The van der Waals surface area contributed by atoms with E-state index in [0.29, 0.717) is 12.1 Å². The Bertz CT molecular complexity index is 645. The summed E-state index contributed by atoms with van der Waals surface area (Å²) in [4.78, 5) is 14.4. The first-order valence-corrected chi connectivity index (χ1v) is 9.11. The van der Waals surface area contributed by atoms with Gasteiger partial charge in [-0.3, -0.25) is 10.2 Å². The minimum absolute atomic E-state index is 0.0421. The average Bonchev–Trinajstić information content (AvgIpc) is 2.55. The second-order valence-electron chi connectivity index (χ2n) is 6.89. The van der Waals surface area contributed by atoms with Crippen LogP contribution in [0.15, 0.2) is 24.3 Å². The van der Waals surface area contributed by atoms with E-state index in [9.17, 15) is 4.79 Å². The number of amides is 1. The summed E-state index contributed by atoms with van der Waals surface area (Å²) in [6, 6.07) is 5.99. The van der Waals surface area contributed by atoms with Gasteiger partial charge in [0.05, 0.1) is 0 Å². The van der Waals surface area contributed by atoms with E-state index in [1.807, 2.05) is 26.0 Å². The fourth-order valence-corrected chi connectivity index (χ4v) is 3.27. The van der Waals surface area contributed by atoms with Crippen molar-refractivity contribution >= 4 is 17.4 Å². The Morgan fingerprint density at radius 2 is 2.00 bits per heavy atom. The summed E-state index contributed by atoms with van der Waals surface area (Å²) in [5.41, 5.74) is 9.71. The van der Waals surface area contributed by atoms with Crippen molar-refractivity contribution in [3.05, 3.63) is 41.0 Å². The number of hydrogen-bond donors (Lipinski definition) is 3. The van der Waals surface area contributed by atoms with Gasteiger partial charge in [0, 0.05) is 23.8 Å². The molecule has 4 N–H and O–H groups in total. The van der Waals surface area contributed by atoms with Gasteiger partial charge in [0.25, 0.3) is 0 Å². The zero-order valence-electron chi connectivity index (χ0n) is 15.4. The summed E-state index contributed by atoms with van der Waals surface area (Å²) in [7, 11) is 0. The van der Waals surface area contributed by atoms with E-state index >= 15 is 0 Å². The first-order chi connectivity index (χ1) is 12.0. The molecule has 5 nitrogen and oxygen atoms in total.